The summed E-state index contributed by atoms with van der Waals surface area (Å²) >= 11 is 2.51. The molecule has 0 bridgehead atoms. The third-order valence-corrected chi connectivity index (χ3v) is 5.88. The normalized spacial score (nSPS) is 23.3. The zero-order valence-corrected chi connectivity index (χ0v) is 17.9. The van der Waals surface area contributed by atoms with Gasteiger partial charge < -0.3 is 5.11 Å². The fourth-order valence-electron chi connectivity index (χ4n) is 2.73. The van der Waals surface area contributed by atoms with Crippen LogP contribution in [0.25, 0.3) is 0 Å². The van der Waals surface area contributed by atoms with Crippen LogP contribution in [0.2, 0.25) is 0 Å². The van der Waals surface area contributed by atoms with Gasteiger partial charge in [-0.2, -0.15) is 0 Å². The van der Waals surface area contributed by atoms with E-state index in [0.717, 1.165) is 9.84 Å². The van der Waals surface area contributed by atoms with E-state index in [1.54, 1.807) is 0 Å². The maximum atomic E-state index is 8.98. The highest BCUT2D eigenvalue weighted by Crippen LogP contribution is 2.39. The highest BCUT2D eigenvalue weighted by atomic mass is 127. The third kappa shape index (κ3) is 12.9. The van der Waals surface area contributed by atoms with Gasteiger partial charge in [-0.3, -0.25) is 0 Å². The molecular formula is C19H41IO. The van der Waals surface area contributed by atoms with Crippen molar-refractivity contribution in [3.8, 4) is 0 Å². The van der Waals surface area contributed by atoms with Crippen LogP contribution in [0.3, 0.4) is 0 Å². The van der Waals surface area contributed by atoms with E-state index in [0.29, 0.717) is 17.9 Å². The van der Waals surface area contributed by atoms with Crippen molar-refractivity contribution < 1.29 is 5.11 Å². The molecule has 130 valence electrons. The molecule has 0 aromatic heterocycles. The fourth-order valence-corrected chi connectivity index (χ4v) is 3.35. The molecule has 0 amide bonds. The molecule has 1 atom stereocenters. The van der Waals surface area contributed by atoms with E-state index in [-0.39, 0.29) is 0 Å². The largest absolute Gasteiger partial charge is 0.396 e. The van der Waals surface area contributed by atoms with Gasteiger partial charge in [0.25, 0.3) is 0 Å². The van der Waals surface area contributed by atoms with Crippen LogP contribution >= 0.6 is 22.6 Å². The van der Waals surface area contributed by atoms with Gasteiger partial charge in [-0.25, -0.2) is 0 Å². The van der Waals surface area contributed by atoms with E-state index in [1.165, 1.54) is 44.9 Å². The molecule has 0 heterocycles. The second-order valence-electron chi connectivity index (χ2n) is 7.06. The Kier molecular flexibility index (Phi) is 16.3. The van der Waals surface area contributed by atoms with Crippen molar-refractivity contribution in [1.82, 2.24) is 0 Å². The number of aliphatic hydroxyl groups is 1. The smallest absolute Gasteiger partial charge is 0.0459 e. The Labute approximate surface area is 148 Å². The van der Waals surface area contributed by atoms with Gasteiger partial charge in [0, 0.05) is 10.5 Å². The molecule has 21 heavy (non-hydrogen) atoms. The Bertz CT molecular complexity index is 202. The number of hydrogen-bond donors (Lipinski definition) is 1. The summed E-state index contributed by atoms with van der Waals surface area (Å²) in [6, 6.07) is 0. The molecule has 0 spiro atoms. The number of aliphatic hydroxyl groups excluding tert-OH is 1. The molecular weight excluding hydrogens is 371 g/mol. The molecule has 2 heteroatoms. The van der Waals surface area contributed by atoms with Crippen molar-refractivity contribution in [3.63, 3.8) is 0 Å². The second kappa shape index (κ2) is 14.3. The van der Waals surface area contributed by atoms with Gasteiger partial charge in [0.1, 0.15) is 0 Å². The molecule has 0 radical (unpaired) electrons. The molecule has 0 aromatic carbocycles. The van der Waals surface area contributed by atoms with Gasteiger partial charge in [0.2, 0.25) is 0 Å². The van der Waals surface area contributed by atoms with Crippen LogP contribution in [0.5, 0.6) is 0 Å². The summed E-state index contributed by atoms with van der Waals surface area (Å²) in [4.78, 5) is 0. The van der Waals surface area contributed by atoms with Gasteiger partial charge in [-0.1, -0.05) is 77.5 Å². The Balaban J connectivity index is 0. The van der Waals surface area contributed by atoms with Crippen molar-refractivity contribution >= 4 is 22.6 Å². The van der Waals surface area contributed by atoms with Crippen molar-refractivity contribution in [1.29, 1.82) is 0 Å². The van der Waals surface area contributed by atoms with Crippen LogP contribution in [0, 0.1) is 17.3 Å². The molecule has 1 aliphatic rings. The van der Waals surface area contributed by atoms with E-state index >= 15 is 0 Å². The lowest BCUT2D eigenvalue weighted by Gasteiger charge is -2.36. The molecule has 1 unspecified atom stereocenters. The minimum Gasteiger partial charge on any atom is -0.396 e. The van der Waals surface area contributed by atoms with Crippen LogP contribution in [0.15, 0.2) is 0 Å². The molecule has 1 fully saturated rings. The maximum Gasteiger partial charge on any atom is 0.0459 e. The lowest BCUT2D eigenvalue weighted by molar-refractivity contribution is 0.114. The third-order valence-electron chi connectivity index (χ3n) is 4.37. The number of hydrogen-bond acceptors (Lipinski definition) is 1. The monoisotopic (exact) mass is 412 g/mol. The summed E-state index contributed by atoms with van der Waals surface area (Å²) < 4.78 is 0.919. The molecule has 1 aliphatic carbocycles. The van der Waals surface area contributed by atoms with Crippen LogP contribution < -0.4 is 0 Å². The lowest BCUT2D eigenvalue weighted by Crippen LogP contribution is -2.26. The molecule has 0 aliphatic heterocycles. The summed E-state index contributed by atoms with van der Waals surface area (Å²) in [6.45, 7) is 15.9. The summed E-state index contributed by atoms with van der Waals surface area (Å²) in [5.41, 5.74) is 0.473. The van der Waals surface area contributed by atoms with Gasteiger partial charge >= 0.3 is 0 Å². The first kappa shape index (κ1) is 23.9. The van der Waals surface area contributed by atoms with Crippen LogP contribution in [-0.2, 0) is 0 Å². The number of halogens is 1. The molecule has 0 saturated heterocycles. The first-order valence-corrected chi connectivity index (χ1v) is 10.3. The molecule has 1 rings (SSSR count). The maximum absolute atomic E-state index is 8.98. The quantitative estimate of drug-likeness (QED) is 0.395. The summed E-state index contributed by atoms with van der Waals surface area (Å²) in [7, 11) is 0. The Hall–Kier alpha value is 0.690. The summed E-state index contributed by atoms with van der Waals surface area (Å²) in [5.74, 6) is 1.48. The highest BCUT2D eigenvalue weighted by Gasteiger charge is 2.29. The average Bonchev–Trinajstić information content (AvgIpc) is 2.49. The van der Waals surface area contributed by atoms with E-state index < -0.39 is 0 Å². The van der Waals surface area contributed by atoms with E-state index in [9.17, 15) is 0 Å². The fraction of sp³-hybridized carbons (Fsp3) is 1.00. The molecule has 1 N–H and O–H groups in total. The minimum absolute atomic E-state index is 0.400. The second-order valence-corrected chi connectivity index (χ2v) is 8.82. The summed E-state index contributed by atoms with van der Waals surface area (Å²) in [5, 5.41) is 8.98. The first-order valence-electron chi connectivity index (χ1n) is 9.10. The van der Waals surface area contributed by atoms with Gasteiger partial charge in [0.05, 0.1) is 0 Å². The van der Waals surface area contributed by atoms with Crippen molar-refractivity contribution in [2.75, 3.05) is 6.61 Å². The predicted octanol–water partition coefficient (Wildman–Crippen LogP) is 6.86. The van der Waals surface area contributed by atoms with Crippen molar-refractivity contribution in [3.05, 3.63) is 0 Å². The number of rotatable bonds is 4. The van der Waals surface area contributed by atoms with Crippen molar-refractivity contribution in [2.45, 2.75) is 97.3 Å². The highest BCUT2D eigenvalue weighted by molar-refractivity contribution is 14.1. The summed E-state index contributed by atoms with van der Waals surface area (Å²) in [6.07, 6.45) is 9.15. The van der Waals surface area contributed by atoms with Crippen LogP contribution in [0.4, 0.5) is 0 Å². The predicted molar refractivity (Wildman–Crippen MR) is 106 cm³/mol. The zero-order valence-electron chi connectivity index (χ0n) is 15.7. The van der Waals surface area contributed by atoms with Crippen LogP contribution in [0.1, 0.15) is 93.4 Å². The van der Waals surface area contributed by atoms with Gasteiger partial charge in [-0.15, -0.1) is 0 Å². The lowest BCUT2D eigenvalue weighted by atomic mass is 9.70. The first-order chi connectivity index (χ1) is 9.85. The Morgan fingerprint density at radius 2 is 1.52 bits per heavy atom. The molecule has 1 saturated carbocycles. The SMILES string of the molecule is CC.CC(C)(C)C1CCC(CO)CC1.CCCC(I)CC. The standard InChI is InChI=1S/C11H22O.C6H13I.C2H6/c1-11(2,3)10-6-4-9(8-12)5-7-10;1-3-5-6(7)4-2;1-2/h9-10,12H,4-8H2,1-3H3;6H,3-5H2,1-2H3;1-2H3. The number of alkyl halides is 1. The average molecular weight is 412 g/mol. The topological polar surface area (TPSA) is 20.2 Å². The van der Waals surface area contributed by atoms with Crippen LogP contribution in [-0.4, -0.2) is 15.6 Å². The van der Waals surface area contributed by atoms with E-state index in [4.69, 9.17) is 5.11 Å². The Morgan fingerprint density at radius 1 is 1.05 bits per heavy atom. The Morgan fingerprint density at radius 3 is 1.76 bits per heavy atom. The molecule has 0 aromatic rings. The molecule has 1 nitrogen and oxygen atoms in total. The zero-order chi connectivity index (χ0) is 16.9. The van der Waals surface area contributed by atoms with E-state index in [2.05, 4.69) is 57.2 Å². The van der Waals surface area contributed by atoms with E-state index in [1.807, 2.05) is 13.8 Å². The van der Waals surface area contributed by atoms with Gasteiger partial charge in [-0.05, 0) is 55.8 Å². The minimum atomic E-state index is 0.400. The van der Waals surface area contributed by atoms with Gasteiger partial charge in [0.15, 0.2) is 0 Å². The van der Waals surface area contributed by atoms with Crippen molar-refractivity contribution in [2.24, 2.45) is 17.3 Å².